The van der Waals surface area contributed by atoms with Gasteiger partial charge in [-0.25, -0.2) is 4.39 Å². The maximum atomic E-state index is 13.3. The monoisotopic (exact) mass is 328 g/mol. The van der Waals surface area contributed by atoms with Crippen molar-refractivity contribution in [3.8, 4) is 0 Å². The minimum atomic E-state index is -0.320. The summed E-state index contributed by atoms with van der Waals surface area (Å²) in [5.74, 6) is -0.409. The molecular formula is C14H18BrFN2O. The second-order valence-corrected chi connectivity index (χ2v) is 5.85. The SMILES string of the molecule is Cc1cc(F)c(Br)cc1NC(=O)CNC1CCCC1. The Morgan fingerprint density at radius 2 is 2.11 bits per heavy atom. The summed E-state index contributed by atoms with van der Waals surface area (Å²) in [7, 11) is 0. The van der Waals surface area contributed by atoms with E-state index in [9.17, 15) is 9.18 Å². The smallest absolute Gasteiger partial charge is 0.238 e. The molecule has 1 aliphatic rings. The molecule has 0 radical (unpaired) electrons. The topological polar surface area (TPSA) is 41.1 Å². The Hall–Kier alpha value is -0.940. The van der Waals surface area contributed by atoms with Crippen molar-refractivity contribution in [3.63, 3.8) is 0 Å². The first-order valence-corrected chi connectivity index (χ1v) is 7.34. The molecule has 1 amide bonds. The third kappa shape index (κ3) is 4.01. The van der Waals surface area contributed by atoms with Crippen LogP contribution in [0, 0.1) is 12.7 Å². The molecule has 19 heavy (non-hydrogen) atoms. The van der Waals surface area contributed by atoms with Crippen LogP contribution in [0.3, 0.4) is 0 Å². The van der Waals surface area contributed by atoms with Crippen LogP contribution in [0.2, 0.25) is 0 Å². The van der Waals surface area contributed by atoms with Crippen LogP contribution in [0.25, 0.3) is 0 Å². The van der Waals surface area contributed by atoms with Gasteiger partial charge in [0.05, 0.1) is 11.0 Å². The first kappa shape index (κ1) is 14.5. The largest absolute Gasteiger partial charge is 0.325 e. The zero-order chi connectivity index (χ0) is 13.8. The molecule has 0 spiro atoms. The normalized spacial score (nSPS) is 15.7. The van der Waals surface area contributed by atoms with Crippen molar-refractivity contribution in [2.75, 3.05) is 11.9 Å². The summed E-state index contributed by atoms with van der Waals surface area (Å²) >= 11 is 3.12. The molecule has 3 nitrogen and oxygen atoms in total. The van der Waals surface area contributed by atoms with E-state index in [1.54, 1.807) is 13.0 Å². The van der Waals surface area contributed by atoms with Gasteiger partial charge >= 0.3 is 0 Å². The van der Waals surface area contributed by atoms with Crippen LogP contribution >= 0.6 is 15.9 Å². The highest BCUT2D eigenvalue weighted by molar-refractivity contribution is 9.10. The Bertz CT molecular complexity index is 473. The Morgan fingerprint density at radius 3 is 2.79 bits per heavy atom. The number of amides is 1. The standard InChI is InChI=1S/C14H18BrFN2O/c1-9-6-12(16)11(15)7-13(9)18-14(19)8-17-10-4-2-3-5-10/h6-7,10,17H,2-5,8H2,1H3,(H,18,19). The lowest BCUT2D eigenvalue weighted by Crippen LogP contribution is -2.34. The lowest BCUT2D eigenvalue weighted by molar-refractivity contribution is -0.115. The number of anilines is 1. The Kier molecular flexibility index (Phi) is 4.93. The van der Waals surface area contributed by atoms with Crippen molar-refractivity contribution in [2.24, 2.45) is 0 Å². The van der Waals surface area contributed by atoms with Crippen LogP contribution in [-0.2, 0) is 4.79 Å². The van der Waals surface area contributed by atoms with Gasteiger partial charge in [-0.05, 0) is 53.4 Å². The number of hydrogen-bond acceptors (Lipinski definition) is 2. The molecule has 0 atom stereocenters. The molecule has 2 rings (SSSR count). The number of carbonyl (C=O) groups is 1. The highest BCUT2D eigenvalue weighted by Crippen LogP contribution is 2.24. The highest BCUT2D eigenvalue weighted by atomic mass is 79.9. The van der Waals surface area contributed by atoms with Crippen LogP contribution in [0.15, 0.2) is 16.6 Å². The van der Waals surface area contributed by atoms with E-state index in [1.165, 1.54) is 18.9 Å². The third-order valence-corrected chi connectivity index (χ3v) is 4.06. The van der Waals surface area contributed by atoms with E-state index in [4.69, 9.17) is 0 Å². The number of benzene rings is 1. The van der Waals surface area contributed by atoms with Gasteiger partial charge in [-0.1, -0.05) is 12.8 Å². The van der Waals surface area contributed by atoms with Gasteiger partial charge in [0, 0.05) is 11.7 Å². The van der Waals surface area contributed by atoms with Crippen LogP contribution < -0.4 is 10.6 Å². The fourth-order valence-electron chi connectivity index (χ4n) is 2.34. The summed E-state index contributed by atoms with van der Waals surface area (Å²) in [6.07, 6.45) is 4.77. The first-order chi connectivity index (χ1) is 9.06. The maximum Gasteiger partial charge on any atom is 0.238 e. The van der Waals surface area contributed by atoms with Crippen molar-refractivity contribution in [1.82, 2.24) is 5.32 Å². The minimum Gasteiger partial charge on any atom is -0.325 e. The summed E-state index contributed by atoms with van der Waals surface area (Å²) in [5.41, 5.74) is 1.36. The number of halogens is 2. The third-order valence-electron chi connectivity index (χ3n) is 3.45. The second-order valence-electron chi connectivity index (χ2n) is 4.99. The van der Waals surface area contributed by atoms with Crippen LogP contribution in [0.5, 0.6) is 0 Å². The molecule has 0 bridgehead atoms. The maximum absolute atomic E-state index is 13.3. The van der Waals surface area contributed by atoms with E-state index in [0.29, 0.717) is 22.7 Å². The molecule has 0 saturated heterocycles. The quantitative estimate of drug-likeness (QED) is 0.889. The van der Waals surface area contributed by atoms with Gasteiger partial charge in [-0.3, -0.25) is 4.79 Å². The summed E-state index contributed by atoms with van der Waals surface area (Å²) in [4.78, 5) is 11.8. The van der Waals surface area contributed by atoms with Crippen molar-refractivity contribution in [3.05, 3.63) is 28.0 Å². The van der Waals surface area contributed by atoms with Gasteiger partial charge in [0.25, 0.3) is 0 Å². The Balaban J connectivity index is 1.89. The highest BCUT2D eigenvalue weighted by Gasteiger charge is 2.15. The van der Waals surface area contributed by atoms with Crippen molar-refractivity contribution in [2.45, 2.75) is 38.6 Å². The lowest BCUT2D eigenvalue weighted by atomic mass is 10.2. The molecule has 5 heteroatoms. The van der Waals surface area contributed by atoms with Gasteiger partial charge in [0.1, 0.15) is 5.82 Å². The second kappa shape index (κ2) is 6.48. The summed E-state index contributed by atoms with van der Waals surface area (Å²) < 4.78 is 13.6. The fourth-order valence-corrected chi connectivity index (χ4v) is 2.69. The zero-order valence-electron chi connectivity index (χ0n) is 10.9. The van der Waals surface area contributed by atoms with E-state index in [1.807, 2.05) is 0 Å². The van der Waals surface area contributed by atoms with Gasteiger partial charge in [-0.15, -0.1) is 0 Å². The molecule has 0 heterocycles. The van der Waals surface area contributed by atoms with Crippen LogP contribution in [0.1, 0.15) is 31.2 Å². The number of aryl methyl sites for hydroxylation is 1. The molecule has 1 saturated carbocycles. The first-order valence-electron chi connectivity index (χ1n) is 6.55. The molecule has 1 aromatic rings. The summed E-state index contributed by atoms with van der Waals surface area (Å²) in [6.45, 7) is 2.08. The van der Waals surface area contributed by atoms with Gasteiger partial charge in [0.15, 0.2) is 0 Å². The van der Waals surface area contributed by atoms with Crippen LogP contribution in [-0.4, -0.2) is 18.5 Å². The van der Waals surface area contributed by atoms with Crippen molar-refractivity contribution < 1.29 is 9.18 Å². The molecule has 0 aromatic heterocycles. The van der Waals surface area contributed by atoms with Gasteiger partial charge < -0.3 is 10.6 Å². The van der Waals surface area contributed by atoms with Gasteiger partial charge in [-0.2, -0.15) is 0 Å². The molecular weight excluding hydrogens is 311 g/mol. The van der Waals surface area contributed by atoms with E-state index in [2.05, 4.69) is 26.6 Å². The van der Waals surface area contributed by atoms with E-state index in [0.717, 1.165) is 18.4 Å². The molecule has 0 aliphatic heterocycles. The van der Waals surface area contributed by atoms with Crippen LogP contribution in [0.4, 0.5) is 10.1 Å². The molecule has 0 unspecified atom stereocenters. The number of hydrogen-bond donors (Lipinski definition) is 2. The average molecular weight is 329 g/mol. The number of carbonyl (C=O) groups excluding carboxylic acids is 1. The Morgan fingerprint density at radius 1 is 1.42 bits per heavy atom. The van der Waals surface area contributed by atoms with E-state index in [-0.39, 0.29) is 11.7 Å². The zero-order valence-corrected chi connectivity index (χ0v) is 12.5. The predicted octanol–water partition coefficient (Wildman–Crippen LogP) is 3.37. The predicted molar refractivity (Wildman–Crippen MR) is 77.7 cm³/mol. The molecule has 1 aromatic carbocycles. The summed E-state index contributed by atoms with van der Waals surface area (Å²) in [6, 6.07) is 3.47. The molecule has 104 valence electrons. The van der Waals surface area contributed by atoms with E-state index >= 15 is 0 Å². The molecule has 2 N–H and O–H groups in total. The fraction of sp³-hybridized carbons (Fsp3) is 0.500. The van der Waals surface area contributed by atoms with E-state index < -0.39 is 0 Å². The van der Waals surface area contributed by atoms with Crippen molar-refractivity contribution >= 4 is 27.5 Å². The lowest BCUT2D eigenvalue weighted by Gasteiger charge is -2.13. The summed E-state index contributed by atoms with van der Waals surface area (Å²) in [5, 5.41) is 6.05. The van der Waals surface area contributed by atoms with Gasteiger partial charge in [0.2, 0.25) is 5.91 Å². The average Bonchev–Trinajstić information content (AvgIpc) is 2.86. The molecule has 1 fully saturated rings. The minimum absolute atomic E-state index is 0.0893. The number of nitrogens with one attached hydrogen (secondary N) is 2. The number of rotatable bonds is 4. The molecule has 1 aliphatic carbocycles. The van der Waals surface area contributed by atoms with Crippen molar-refractivity contribution in [1.29, 1.82) is 0 Å². The Labute approximate surface area is 121 Å².